The number of hydrazone groups is 1. The number of aromatic amines is 1. The first-order valence-corrected chi connectivity index (χ1v) is 8.13. The van der Waals surface area contributed by atoms with Crippen molar-refractivity contribution in [3.05, 3.63) is 65.4 Å². The first-order valence-electron chi connectivity index (χ1n) is 8.13. The van der Waals surface area contributed by atoms with Gasteiger partial charge in [0.15, 0.2) is 0 Å². The third-order valence-electron chi connectivity index (χ3n) is 3.93. The van der Waals surface area contributed by atoms with E-state index in [-0.39, 0.29) is 5.56 Å². The minimum absolute atomic E-state index is 0.0977. The molecular formula is C19H15F4N3O2. The zero-order chi connectivity index (χ0) is 20.3. The van der Waals surface area contributed by atoms with Gasteiger partial charge in [0.05, 0.1) is 6.21 Å². The number of hydrogen-bond donors (Lipinski definition) is 2. The molecule has 2 N–H and O–H groups in total. The maximum atomic E-state index is 12.9. The Morgan fingerprint density at radius 2 is 1.86 bits per heavy atom. The van der Waals surface area contributed by atoms with Gasteiger partial charge in [0.25, 0.3) is 5.91 Å². The van der Waals surface area contributed by atoms with Gasteiger partial charge in [-0.05, 0) is 37.3 Å². The highest BCUT2D eigenvalue weighted by Gasteiger charge is 2.43. The average molecular weight is 393 g/mol. The molecule has 3 rings (SSSR count). The summed E-state index contributed by atoms with van der Waals surface area (Å²) in [6, 6.07) is 11.9. The molecule has 0 aliphatic heterocycles. The minimum Gasteiger partial charge on any atom is -0.428 e. The number of H-pyrrole nitrogens is 1. The van der Waals surface area contributed by atoms with Crippen molar-refractivity contribution in [3.63, 3.8) is 0 Å². The molecule has 3 aromatic rings. The highest BCUT2D eigenvalue weighted by molar-refractivity contribution is 6.01. The Labute approximate surface area is 157 Å². The SMILES string of the molecule is Cc1[nH]c2ccccc2c1C=NNC(=O)c1ccc(OC(F)(F)C(F)F)cc1. The lowest BCUT2D eigenvalue weighted by atomic mass is 10.1. The number of halogens is 4. The number of carbonyl (C=O) groups excluding carboxylic acids is 1. The Balaban J connectivity index is 1.66. The van der Waals surface area contributed by atoms with Crippen molar-refractivity contribution in [3.8, 4) is 5.75 Å². The van der Waals surface area contributed by atoms with Gasteiger partial charge in [-0.15, -0.1) is 0 Å². The largest absolute Gasteiger partial charge is 0.461 e. The molecule has 1 amide bonds. The minimum atomic E-state index is -4.61. The number of benzene rings is 2. The maximum Gasteiger partial charge on any atom is 0.461 e. The number of carbonyl (C=O) groups is 1. The molecule has 5 nitrogen and oxygen atoms in total. The number of ether oxygens (including phenoxy) is 1. The fourth-order valence-corrected chi connectivity index (χ4v) is 2.56. The monoisotopic (exact) mass is 393 g/mol. The second-order valence-corrected chi connectivity index (χ2v) is 5.90. The molecule has 0 unspecified atom stereocenters. The molecule has 28 heavy (non-hydrogen) atoms. The van der Waals surface area contributed by atoms with Crippen molar-refractivity contribution in [2.24, 2.45) is 5.10 Å². The first-order chi connectivity index (χ1) is 13.3. The van der Waals surface area contributed by atoms with Crippen molar-refractivity contribution in [2.75, 3.05) is 0 Å². The molecule has 0 aliphatic carbocycles. The van der Waals surface area contributed by atoms with E-state index in [9.17, 15) is 22.4 Å². The summed E-state index contributed by atoms with van der Waals surface area (Å²) in [7, 11) is 0. The number of nitrogens with zero attached hydrogens (tertiary/aromatic N) is 1. The van der Waals surface area contributed by atoms with Gasteiger partial charge in [0.2, 0.25) is 0 Å². The Kier molecular flexibility index (Phi) is 5.34. The van der Waals surface area contributed by atoms with Crippen LogP contribution in [-0.4, -0.2) is 29.6 Å². The summed E-state index contributed by atoms with van der Waals surface area (Å²) < 4.78 is 53.9. The van der Waals surface area contributed by atoms with E-state index in [4.69, 9.17) is 0 Å². The van der Waals surface area contributed by atoms with E-state index in [0.717, 1.165) is 34.3 Å². The first kappa shape index (κ1) is 19.4. The number of nitrogens with one attached hydrogen (secondary N) is 2. The van der Waals surface area contributed by atoms with Gasteiger partial charge in [-0.2, -0.15) is 22.7 Å². The number of aromatic nitrogens is 1. The second-order valence-electron chi connectivity index (χ2n) is 5.90. The fraction of sp³-hybridized carbons (Fsp3) is 0.158. The number of fused-ring (bicyclic) bond motifs is 1. The van der Waals surface area contributed by atoms with Crippen LogP contribution < -0.4 is 10.2 Å². The third-order valence-corrected chi connectivity index (χ3v) is 3.93. The van der Waals surface area contributed by atoms with E-state index < -0.39 is 24.2 Å². The van der Waals surface area contributed by atoms with Crippen LogP contribution in [0, 0.1) is 6.92 Å². The smallest absolute Gasteiger partial charge is 0.428 e. The van der Waals surface area contributed by atoms with Crippen LogP contribution in [0.2, 0.25) is 0 Å². The number of rotatable bonds is 6. The van der Waals surface area contributed by atoms with E-state index in [0.29, 0.717) is 0 Å². The van der Waals surface area contributed by atoms with Crippen LogP contribution in [0.4, 0.5) is 17.6 Å². The van der Waals surface area contributed by atoms with Gasteiger partial charge in [-0.1, -0.05) is 18.2 Å². The van der Waals surface area contributed by atoms with Crippen molar-refractivity contribution in [2.45, 2.75) is 19.5 Å². The quantitative estimate of drug-likeness (QED) is 0.369. The Morgan fingerprint density at radius 1 is 1.18 bits per heavy atom. The van der Waals surface area contributed by atoms with E-state index >= 15 is 0 Å². The van der Waals surface area contributed by atoms with Crippen LogP contribution >= 0.6 is 0 Å². The second kappa shape index (κ2) is 7.71. The predicted octanol–water partition coefficient (Wildman–Crippen LogP) is 4.48. The van der Waals surface area contributed by atoms with E-state index in [2.05, 4.69) is 20.2 Å². The van der Waals surface area contributed by atoms with Gasteiger partial charge >= 0.3 is 12.5 Å². The standard InChI is InChI=1S/C19H15F4N3O2/c1-11-15(14-4-2-3-5-16(14)25-11)10-24-26-17(27)12-6-8-13(9-7-12)28-19(22,23)18(20)21/h2-10,18,25H,1H3,(H,26,27). The lowest BCUT2D eigenvalue weighted by Gasteiger charge is -2.16. The fourth-order valence-electron chi connectivity index (χ4n) is 2.56. The summed E-state index contributed by atoms with van der Waals surface area (Å²) in [5.74, 6) is -1.08. The number of hydrogen-bond acceptors (Lipinski definition) is 3. The highest BCUT2D eigenvalue weighted by atomic mass is 19.3. The van der Waals surface area contributed by atoms with Gasteiger partial charge < -0.3 is 9.72 Å². The highest BCUT2D eigenvalue weighted by Crippen LogP contribution is 2.27. The zero-order valence-corrected chi connectivity index (χ0v) is 14.5. The average Bonchev–Trinajstić information content (AvgIpc) is 2.97. The maximum absolute atomic E-state index is 12.9. The summed E-state index contributed by atoms with van der Waals surface area (Å²) in [6.07, 6.45) is -7.07. The van der Waals surface area contributed by atoms with Gasteiger partial charge in [-0.3, -0.25) is 4.79 Å². The molecule has 0 spiro atoms. The third kappa shape index (κ3) is 4.13. The Hall–Kier alpha value is -3.36. The van der Waals surface area contributed by atoms with Crippen molar-refractivity contribution in [1.82, 2.24) is 10.4 Å². The predicted molar refractivity (Wildman–Crippen MR) is 96.1 cm³/mol. The molecule has 1 aromatic heterocycles. The molecule has 0 saturated heterocycles. The molecule has 0 atom stereocenters. The van der Waals surface area contributed by atoms with E-state index in [1.807, 2.05) is 31.2 Å². The Morgan fingerprint density at radius 3 is 2.54 bits per heavy atom. The molecule has 0 aliphatic rings. The van der Waals surface area contributed by atoms with E-state index in [1.165, 1.54) is 18.3 Å². The van der Waals surface area contributed by atoms with Crippen molar-refractivity contribution in [1.29, 1.82) is 0 Å². The molecule has 0 saturated carbocycles. The van der Waals surface area contributed by atoms with Crippen LogP contribution in [0.25, 0.3) is 10.9 Å². The summed E-state index contributed by atoms with van der Waals surface area (Å²) in [5, 5.41) is 4.86. The summed E-state index contributed by atoms with van der Waals surface area (Å²) in [5.41, 5.74) is 5.04. The van der Waals surface area contributed by atoms with Gasteiger partial charge in [0, 0.05) is 27.7 Å². The molecule has 0 bridgehead atoms. The number of amides is 1. The van der Waals surface area contributed by atoms with Crippen LogP contribution in [-0.2, 0) is 0 Å². The van der Waals surface area contributed by atoms with Gasteiger partial charge in [0.1, 0.15) is 5.75 Å². The topological polar surface area (TPSA) is 66.5 Å². The van der Waals surface area contributed by atoms with E-state index in [1.54, 1.807) is 0 Å². The summed E-state index contributed by atoms with van der Waals surface area (Å²) in [4.78, 5) is 15.3. The van der Waals surface area contributed by atoms with Crippen LogP contribution in [0.15, 0.2) is 53.6 Å². The normalized spacial score (nSPS) is 12.1. The number of aryl methyl sites for hydroxylation is 1. The number of alkyl halides is 4. The van der Waals surface area contributed by atoms with Crippen LogP contribution in [0.3, 0.4) is 0 Å². The van der Waals surface area contributed by atoms with Crippen molar-refractivity contribution < 1.29 is 27.1 Å². The molecule has 0 radical (unpaired) electrons. The zero-order valence-electron chi connectivity index (χ0n) is 14.5. The molecular weight excluding hydrogens is 378 g/mol. The lowest BCUT2D eigenvalue weighted by Crippen LogP contribution is -2.33. The molecule has 9 heteroatoms. The Bertz CT molecular complexity index is 1010. The van der Waals surface area contributed by atoms with Crippen LogP contribution in [0.5, 0.6) is 5.75 Å². The lowest BCUT2D eigenvalue weighted by molar-refractivity contribution is -0.253. The molecule has 146 valence electrons. The number of para-hydroxylation sites is 1. The summed E-state index contributed by atoms with van der Waals surface area (Å²) >= 11 is 0. The van der Waals surface area contributed by atoms with Crippen LogP contribution in [0.1, 0.15) is 21.6 Å². The van der Waals surface area contributed by atoms with Crippen molar-refractivity contribution >= 4 is 23.0 Å². The molecule has 0 fully saturated rings. The van der Waals surface area contributed by atoms with Gasteiger partial charge in [-0.25, -0.2) is 5.43 Å². The molecule has 2 aromatic carbocycles. The molecule has 1 heterocycles. The summed E-state index contributed by atoms with van der Waals surface area (Å²) in [6.45, 7) is 1.87.